The fourth-order valence-electron chi connectivity index (χ4n) is 3.37. The molecule has 2 rings (SSSR count). The normalized spacial score (nSPS) is 12.8. The zero-order valence-corrected chi connectivity index (χ0v) is 22.3. The maximum Gasteiger partial charge on any atom is 0.310 e. The van der Waals surface area contributed by atoms with Crippen molar-refractivity contribution in [2.24, 2.45) is 11.3 Å². The molecule has 0 aliphatic heterocycles. The third-order valence-corrected chi connectivity index (χ3v) is 5.14. The molecule has 2 aromatic rings. The molecule has 0 saturated heterocycles. The van der Waals surface area contributed by atoms with Gasteiger partial charge in [-0.2, -0.15) is 0 Å². The van der Waals surface area contributed by atoms with E-state index in [0.717, 1.165) is 0 Å². The minimum Gasteiger partial charge on any atom is -0.469 e. The Morgan fingerprint density at radius 3 is 1.94 bits per heavy atom. The van der Waals surface area contributed by atoms with Gasteiger partial charge in [-0.3, -0.25) is 19.1 Å². The highest BCUT2D eigenvalue weighted by atomic mass is 16.5. The van der Waals surface area contributed by atoms with Crippen molar-refractivity contribution in [3.63, 3.8) is 0 Å². The van der Waals surface area contributed by atoms with Crippen LogP contribution in [0.5, 0.6) is 0 Å². The second-order valence-electron chi connectivity index (χ2n) is 10.9. The first-order valence-corrected chi connectivity index (χ1v) is 12.0. The summed E-state index contributed by atoms with van der Waals surface area (Å²) < 4.78 is 18.6. The number of ether oxygens (including phenoxy) is 3. The quantitative estimate of drug-likeness (QED) is 0.312. The molecule has 12 nitrogen and oxygen atoms in total. The third kappa shape index (κ3) is 10.1. The van der Waals surface area contributed by atoms with Gasteiger partial charge in [-0.25, -0.2) is 4.68 Å². The number of nitrogens with zero attached hydrogens (tertiary/aromatic N) is 6. The fourth-order valence-corrected chi connectivity index (χ4v) is 3.37. The summed E-state index contributed by atoms with van der Waals surface area (Å²) in [6.07, 6.45) is 4.46. The molecule has 0 bridgehead atoms. The Bertz CT molecular complexity index is 1020. The van der Waals surface area contributed by atoms with Gasteiger partial charge in [0.25, 0.3) is 0 Å². The summed E-state index contributed by atoms with van der Waals surface area (Å²) in [7, 11) is 1.36. The summed E-state index contributed by atoms with van der Waals surface area (Å²) in [5.41, 5.74) is 0.755. The van der Waals surface area contributed by atoms with Crippen molar-refractivity contribution in [2.45, 2.75) is 92.5 Å². The van der Waals surface area contributed by atoms with Gasteiger partial charge in [0.2, 0.25) is 0 Å². The first-order chi connectivity index (χ1) is 16.8. The zero-order valence-electron chi connectivity index (χ0n) is 22.3. The highest BCUT2D eigenvalue weighted by Gasteiger charge is 2.26. The molecule has 12 heteroatoms. The minimum atomic E-state index is -0.453. The van der Waals surface area contributed by atoms with E-state index >= 15 is 0 Å². The number of hydrogen-bond donors (Lipinski definition) is 0. The minimum absolute atomic E-state index is 0.0294. The molecule has 0 radical (unpaired) electrons. The van der Waals surface area contributed by atoms with Crippen LogP contribution in [0.1, 0.15) is 78.6 Å². The lowest BCUT2D eigenvalue weighted by Crippen LogP contribution is -2.26. The molecule has 0 aliphatic rings. The maximum absolute atomic E-state index is 12.1. The molecule has 36 heavy (non-hydrogen) atoms. The molecule has 0 amide bonds. The molecular formula is C24H38N6O6. The molecule has 2 heterocycles. The van der Waals surface area contributed by atoms with Crippen LogP contribution in [-0.2, 0) is 53.9 Å². The van der Waals surface area contributed by atoms with Gasteiger partial charge in [-0.05, 0) is 39.0 Å². The molecule has 0 aromatic carbocycles. The first kappa shape index (κ1) is 28.9. The number of carbonyl (C=O) groups excluding carboxylic acids is 3. The van der Waals surface area contributed by atoms with Gasteiger partial charge in [-0.1, -0.05) is 31.2 Å². The van der Waals surface area contributed by atoms with Crippen LogP contribution in [0.3, 0.4) is 0 Å². The largest absolute Gasteiger partial charge is 0.469 e. The van der Waals surface area contributed by atoms with E-state index in [0.29, 0.717) is 30.8 Å². The Morgan fingerprint density at radius 2 is 1.44 bits per heavy atom. The van der Waals surface area contributed by atoms with Crippen LogP contribution < -0.4 is 0 Å². The van der Waals surface area contributed by atoms with Crippen LogP contribution in [-0.4, -0.2) is 55.0 Å². The fraction of sp³-hybridized carbons (Fsp3) is 0.708. The molecule has 0 saturated carbocycles. The Morgan fingerprint density at radius 1 is 0.889 bits per heavy atom. The highest BCUT2D eigenvalue weighted by molar-refractivity contribution is 5.72. The van der Waals surface area contributed by atoms with E-state index in [1.165, 1.54) is 7.11 Å². The summed E-state index contributed by atoms with van der Waals surface area (Å²) in [6.45, 7) is 12.4. The number of esters is 3. The van der Waals surface area contributed by atoms with Gasteiger partial charge in [-0.15, -0.1) is 10.2 Å². The average molecular weight is 507 g/mol. The summed E-state index contributed by atoms with van der Waals surface area (Å²) in [6, 6.07) is 0. The van der Waals surface area contributed by atoms with Gasteiger partial charge in [0, 0.05) is 12.8 Å². The molecule has 0 aliphatic carbocycles. The van der Waals surface area contributed by atoms with E-state index in [-0.39, 0.29) is 48.9 Å². The van der Waals surface area contributed by atoms with Gasteiger partial charge >= 0.3 is 17.9 Å². The molecule has 1 atom stereocenters. The first-order valence-electron chi connectivity index (χ1n) is 12.0. The van der Waals surface area contributed by atoms with E-state index in [2.05, 4.69) is 41.4 Å². The van der Waals surface area contributed by atoms with Crippen molar-refractivity contribution in [3.05, 3.63) is 23.8 Å². The summed E-state index contributed by atoms with van der Waals surface area (Å²) in [5.74, 6) is -1.54. The van der Waals surface area contributed by atoms with E-state index < -0.39 is 11.9 Å². The Labute approximate surface area is 211 Å². The Kier molecular flexibility index (Phi) is 10.1. The molecule has 0 spiro atoms. The predicted octanol–water partition coefficient (Wildman–Crippen LogP) is 2.81. The van der Waals surface area contributed by atoms with Crippen molar-refractivity contribution in [1.29, 1.82) is 0 Å². The molecule has 0 fully saturated rings. The van der Waals surface area contributed by atoms with Gasteiger partial charge < -0.3 is 14.2 Å². The molecule has 200 valence electrons. The van der Waals surface area contributed by atoms with Crippen LogP contribution >= 0.6 is 0 Å². The van der Waals surface area contributed by atoms with E-state index in [9.17, 15) is 14.4 Å². The Balaban J connectivity index is 1.69. The number of aromatic nitrogens is 6. The number of hydrogen-bond acceptors (Lipinski definition) is 10. The van der Waals surface area contributed by atoms with Crippen LogP contribution in [0, 0.1) is 11.3 Å². The van der Waals surface area contributed by atoms with Gasteiger partial charge in [0.1, 0.15) is 24.6 Å². The number of methoxy groups -OCH3 is 1. The molecule has 1 unspecified atom stereocenters. The lowest BCUT2D eigenvalue weighted by molar-refractivity contribution is -0.148. The van der Waals surface area contributed by atoms with E-state index in [4.69, 9.17) is 14.2 Å². The van der Waals surface area contributed by atoms with E-state index in [1.807, 2.05) is 20.8 Å². The van der Waals surface area contributed by atoms with Crippen molar-refractivity contribution in [3.8, 4) is 0 Å². The summed E-state index contributed by atoms with van der Waals surface area (Å²) in [4.78, 5) is 36.1. The molecule has 0 N–H and O–H groups in total. The predicted molar refractivity (Wildman–Crippen MR) is 128 cm³/mol. The third-order valence-electron chi connectivity index (χ3n) is 5.14. The standard InChI is InChI=1S/C24H38N6O6/c1-23(2,3)11-17(22(33)34-7)12-29-13-18(25-27-29)15-35-20(31)9-8-10-21(32)36-16-19-14-30(28-26-19)24(4,5)6/h13-14,17H,8-12,15-16H2,1-7H3. The summed E-state index contributed by atoms with van der Waals surface area (Å²) in [5, 5.41) is 16.0. The summed E-state index contributed by atoms with van der Waals surface area (Å²) >= 11 is 0. The number of carbonyl (C=O) groups is 3. The van der Waals surface area contributed by atoms with Crippen LogP contribution in [0.25, 0.3) is 0 Å². The van der Waals surface area contributed by atoms with Crippen molar-refractivity contribution >= 4 is 17.9 Å². The Hall–Kier alpha value is -3.31. The van der Waals surface area contributed by atoms with Crippen LogP contribution in [0.15, 0.2) is 12.4 Å². The van der Waals surface area contributed by atoms with Crippen molar-refractivity contribution < 1.29 is 28.6 Å². The molecular weight excluding hydrogens is 468 g/mol. The maximum atomic E-state index is 12.1. The smallest absolute Gasteiger partial charge is 0.310 e. The average Bonchev–Trinajstić information content (AvgIpc) is 3.44. The lowest BCUT2D eigenvalue weighted by atomic mass is 9.84. The van der Waals surface area contributed by atoms with Gasteiger partial charge in [0.15, 0.2) is 0 Å². The second kappa shape index (κ2) is 12.6. The lowest BCUT2D eigenvalue weighted by Gasteiger charge is -2.24. The number of rotatable bonds is 12. The SMILES string of the molecule is COC(=O)C(Cn1cc(COC(=O)CCCC(=O)OCc2cn(C(C)(C)C)nn2)nn1)CC(C)(C)C. The van der Waals surface area contributed by atoms with Crippen molar-refractivity contribution in [2.75, 3.05) is 7.11 Å². The second-order valence-corrected chi connectivity index (χ2v) is 10.9. The van der Waals surface area contributed by atoms with Crippen molar-refractivity contribution in [1.82, 2.24) is 30.0 Å². The van der Waals surface area contributed by atoms with Crippen LogP contribution in [0.2, 0.25) is 0 Å². The van der Waals surface area contributed by atoms with E-state index in [1.54, 1.807) is 21.8 Å². The zero-order chi connectivity index (χ0) is 26.9. The highest BCUT2D eigenvalue weighted by Crippen LogP contribution is 2.26. The monoisotopic (exact) mass is 506 g/mol. The topological polar surface area (TPSA) is 140 Å². The molecule has 2 aromatic heterocycles. The van der Waals surface area contributed by atoms with Gasteiger partial charge in [0.05, 0.1) is 37.5 Å². The van der Waals surface area contributed by atoms with Crippen LogP contribution in [0.4, 0.5) is 0 Å².